The van der Waals surface area contributed by atoms with E-state index in [1.54, 1.807) is 14.2 Å². The van der Waals surface area contributed by atoms with Crippen molar-refractivity contribution in [2.75, 3.05) is 27.9 Å². The van der Waals surface area contributed by atoms with E-state index < -0.39 is 0 Å². The van der Waals surface area contributed by atoms with Crippen molar-refractivity contribution >= 4 is 5.97 Å². The van der Waals surface area contributed by atoms with Crippen LogP contribution in [-0.4, -0.2) is 44.8 Å². The van der Waals surface area contributed by atoms with E-state index in [4.69, 9.17) is 14.2 Å². The summed E-state index contributed by atoms with van der Waals surface area (Å²) >= 11 is 0. The number of carbonyl (C=O) groups is 1. The summed E-state index contributed by atoms with van der Waals surface area (Å²) < 4.78 is 15.4. The van der Waals surface area contributed by atoms with Crippen LogP contribution < -0.4 is 9.47 Å². The normalized spacial score (nSPS) is 10.9. The van der Waals surface area contributed by atoms with Crippen LogP contribution in [0.4, 0.5) is 0 Å². The molecule has 1 aromatic carbocycles. The largest absolute Gasteiger partial charge is 0.493 e. The van der Waals surface area contributed by atoms with E-state index >= 15 is 0 Å². The molecule has 5 heteroatoms. The number of esters is 1. The van der Waals surface area contributed by atoms with Crippen molar-refractivity contribution in [3.05, 3.63) is 23.3 Å². The summed E-state index contributed by atoms with van der Waals surface area (Å²) in [5.41, 5.74) is 2.20. The lowest BCUT2D eigenvalue weighted by Crippen LogP contribution is -2.35. The van der Waals surface area contributed by atoms with E-state index in [2.05, 4.69) is 18.7 Å². The van der Waals surface area contributed by atoms with Crippen molar-refractivity contribution in [1.29, 1.82) is 0 Å². The molecule has 0 fully saturated rings. The van der Waals surface area contributed by atoms with E-state index in [1.807, 2.05) is 19.1 Å². The molecule has 118 valence electrons. The van der Waals surface area contributed by atoms with E-state index in [9.17, 15) is 4.79 Å². The Hall–Kier alpha value is -1.75. The molecule has 1 aromatic rings. The van der Waals surface area contributed by atoms with E-state index in [0.29, 0.717) is 18.0 Å². The van der Waals surface area contributed by atoms with Gasteiger partial charge in [0.2, 0.25) is 0 Å². The first-order valence-electron chi connectivity index (χ1n) is 6.95. The van der Waals surface area contributed by atoms with Crippen molar-refractivity contribution < 1.29 is 19.0 Å². The molecule has 5 nitrogen and oxygen atoms in total. The van der Waals surface area contributed by atoms with Gasteiger partial charge in [0.05, 0.1) is 27.9 Å². The number of nitrogens with zero attached hydrogens (tertiary/aromatic N) is 1. The van der Waals surface area contributed by atoms with Crippen LogP contribution in [0.25, 0.3) is 0 Å². The summed E-state index contributed by atoms with van der Waals surface area (Å²) in [5, 5.41) is 0. The maximum atomic E-state index is 11.5. The fourth-order valence-electron chi connectivity index (χ4n) is 2.06. The Kier molecular flexibility index (Phi) is 6.49. The van der Waals surface area contributed by atoms with Gasteiger partial charge in [0.25, 0.3) is 0 Å². The van der Waals surface area contributed by atoms with Crippen LogP contribution in [0.15, 0.2) is 12.1 Å². The first kappa shape index (κ1) is 17.3. The minimum Gasteiger partial charge on any atom is -0.493 e. The first-order valence-corrected chi connectivity index (χ1v) is 6.95. The van der Waals surface area contributed by atoms with Gasteiger partial charge in [0.1, 0.15) is 0 Å². The quantitative estimate of drug-likeness (QED) is 0.723. The smallest absolute Gasteiger partial charge is 0.319 e. The fraction of sp³-hybridized carbons (Fsp3) is 0.562. The van der Waals surface area contributed by atoms with E-state index in [1.165, 1.54) is 7.11 Å². The van der Waals surface area contributed by atoms with Gasteiger partial charge in [0.15, 0.2) is 11.5 Å². The van der Waals surface area contributed by atoms with Gasteiger partial charge in [-0.05, 0) is 44.0 Å². The highest BCUT2D eigenvalue weighted by Gasteiger charge is 2.17. The average Bonchev–Trinajstić information content (AvgIpc) is 2.47. The molecule has 0 heterocycles. The second kappa shape index (κ2) is 7.88. The number of ether oxygens (including phenoxy) is 3. The highest BCUT2D eigenvalue weighted by molar-refractivity contribution is 5.71. The van der Waals surface area contributed by atoms with Crippen molar-refractivity contribution in [2.24, 2.45) is 0 Å². The Labute approximate surface area is 126 Å². The molecule has 0 aromatic heterocycles. The lowest BCUT2D eigenvalue weighted by atomic mass is 10.1. The van der Waals surface area contributed by atoms with Gasteiger partial charge < -0.3 is 14.2 Å². The predicted octanol–water partition coefficient (Wildman–Crippen LogP) is 2.40. The van der Waals surface area contributed by atoms with Crippen LogP contribution in [-0.2, 0) is 16.1 Å². The van der Waals surface area contributed by atoms with Gasteiger partial charge in [-0.3, -0.25) is 9.69 Å². The summed E-state index contributed by atoms with van der Waals surface area (Å²) in [4.78, 5) is 13.6. The fourth-order valence-corrected chi connectivity index (χ4v) is 2.06. The van der Waals surface area contributed by atoms with Crippen LogP contribution in [0.2, 0.25) is 0 Å². The van der Waals surface area contributed by atoms with Gasteiger partial charge in [-0.1, -0.05) is 0 Å². The second-order valence-corrected chi connectivity index (χ2v) is 5.21. The molecule has 0 spiro atoms. The van der Waals surface area contributed by atoms with Crippen LogP contribution in [0.5, 0.6) is 11.5 Å². The van der Waals surface area contributed by atoms with Crippen LogP contribution in [0.3, 0.4) is 0 Å². The summed E-state index contributed by atoms with van der Waals surface area (Å²) in [5.74, 6) is 1.17. The van der Waals surface area contributed by atoms with Crippen LogP contribution in [0, 0.1) is 6.92 Å². The monoisotopic (exact) mass is 295 g/mol. The second-order valence-electron chi connectivity index (χ2n) is 5.21. The molecule has 21 heavy (non-hydrogen) atoms. The van der Waals surface area contributed by atoms with E-state index in [-0.39, 0.29) is 18.6 Å². The molecule has 0 aliphatic heterocycles. The molecular formula is C16H25NO4. The lowest BCUT2D eigenvalue weighted by Gasteiger charge is -2.26. The Morgan fingerprint density at radius 1 is 1.14 bits per heavy atom. The zero-order valence-electron chi connectivity index (χ0n) is 13.7. The third kappa shape index (κ3) is 4.63. The van der Waals surface area contributed by atoms with Crippen molar-refractivity contribution in [2.45, 2.75) is 33.4 Å². The summed E-state index contributed by atoms with van der Waals surface area (Å²) in [6.45, 7) is 7.05. The molecule has 0 aliphatic carbocycles. The molecular weight excluding hydrogens is 270 g/mol. The van der Waals surface area contributed by atoms with Crippen molar-refractivity contribution in [1.82, 2.24) is 4.90 Å². The Bertz CT molecular complexity index is 485. The Morgan fingerprint density at radius 2 is 1.71 bits per heavy atom. The number of methoxy groups -OCH3 is 3. The molecule has 0 atom stereocenters. The first-order chi connectivity index (χ1) is 9.92. The average molecular weight is 295 g/mol. The van der Waals surface area contributed by atoms with Gasteiger partial charge in [-0.25, -0.2) is 0 Å². The number of benzene rings is 1. The topological polar surface area (TPSA) is 48.0 Å². The molecule has 0 radical (unpaired) electrons. The standard InChI is InChI=1S/C16H25NO4/c1-11(2)17(10-16(18)21-6)9-13-8-15(20-5)14(19-4)7-12(13)3/h7-8,11H,9-10H2,1-6H3. The molecule has 0 amide bonds. The van der Waals surface area contributed by atoms with Gasteiger partial charge in [-0.15, -0.1) is 0 Å². The predicted molar refractivity (Wildman–Crippen MR) is 81.8 cm³/mol. The minimum atomic E-state index is -0.234. The van der Waals surface area contributed by atoms with Crippen molar-refractivity contribution in [3.63, 3.8) is 0 Å². The van der Waals surface area contributed by atoms with Gasteiger partial charge >= 0.3 is 5.97 Å². The Balaban J connectivity index is 3.00. The molecule has 0 aliphatic rings. The van der Waals surface area contributed by atoms with E-state index in [0.717, 1.165) is 11.1 Å². The minimum absolute atomic E-state index is 0.233. The number of hydrogen-bond acceptors (Lipinski definition) is 5. The highest BCUT2D eigenvalue weighted by Crippen LogP contribution is 2.31. The number of rotatable bonds is 7. The summed E-state index contributed by atoms with van der Waals surface area (Å²) in [6.07, 6.45) is 0. The summed E-state index contributed by atoms with van der Waals surface area (Å²) in [6, 6.07) is 4.14. The molecule has 0 saturated heterocycles. The maximum Gasteiger partial charge on any atom is 0.319 e. The molecule has 0 saturated carbocycles. The molecule has 0 N–H and O–H groups in total. The zero-order valence-corrected chi connectivity index (χ0v) is 13.7. The number of carbonyl (C=O) groups excluding carboxylic acids is 1. The van der Waals surface area contributed by atoms with Gasteiger partial charge in [0, 0.05) is 12.6 Å². The molecule has 0 unspecified atom stereocenters. The SMILES string of the molecule is COC(=O)CN(Cc1cc(OC)c(OC)cc1C)C(C)C. The number of aryl methyl sites for hydroxylation is 1. The highest BCUT2D eigenvalue weighted by atomic mass is 16.5. The molecule has 1 rings (SSSR count). The van der Waals surface area contributed by atoms with Crippen LogP contribution >= 0.6 is 0 Å². The zero-order chi connectivity index (χ0) is 16.0. The molecule has 0 bridgehead atoms. The maximum absolute atomic E-state index is 11.5. The summed E-state index contributed by atoms with van der Waals surface area (Å²) in [7, 11) is 4.64. The van der Waals surface area contributed by atoms with Crippen LogP contribution in [0.1, 0.15) is 25.0 Å². The third-order valence-corrected chi connectivity index (χ3v) is 3.51. The third-order valence-electron chi connectivity index (χ3n) is 3.51. The van der Waals surface area contributed by atoms with Crippen molar-refractivity contribution in [3.8, 4) is 11.5 Å². The lowest BCUT2D eigenvalue weighted by molar-refractivity contribution is -0.142. The number of hydrogen-bond donors (Lipinski definition) is 0. The Morgan fingerprint density at radius 3 is 2.19 bits per heavy atom. The van der Waals surface area contributed by atoms with Gasteiger partial charge in [-0.2, -0.15) is 0 Å².